The Kier molecular flexibility index (Phi) is 3.15. The van der Waals surface area contributed by atoms with E-state index < -0.39 is 0 Å². The van der Waals surface area contributed by atoms with Crippen LogP contribution in [0.5, 0.6) is 17.6 Å². The summed E-state index contributed by atoms with van der Waals surface area (Å²) in [6, 6.07) is 5.71. The van der Waals surface area contributed by atoms with Gasteiger partial charge >= 0.3 is 0 Å². The standard InChI is InChI=1S/C13H11ClN4O2/c1-7-3-8(20-11-5-10(14)15-6-16-11)4-9-12(7)18-13(17-9)19-2/h3-6H,1-2H3,(H,17,18). The number of imidazole rings is 1. The van der Waals surface area contributed by atoms with E-state index in [-0.39, 0.29) is 0 Å². The van der Waals surface area contributed by atoms with E-state index in [1.54, 1.807) is 13.2 Å². The summed E-state index contributed by atoms with van der Waals surface area (Å²) in [5.41, 5.74) is 2.64. The Balaban J connectivity index is 1.99. The van der Waals surface area contributed by atoms with Crippen molar-refractivity contribution in [3.8, 4) is 17.6 Å². The Labute approximate surface area is 119 Å². The normalized spacial score (nSPS) is 10.8. The molecule has 0 aliphatic rings. The lowest BCUT2D eigenvalue weighted by molar-refractivity contribution is 0.386. The molecule has 0 atom stereocenters. The number of hydrogen-bond donors (Lipinski definition) is 1. The van der Waals surface area contributed by atoms with Crippen molar-refractivity contribution < 1.29 is 9.47 Å². The molecule has 0 saturated carbocycles. The lowest BCUT2D eigenvalue weighted by atomic mass is 10.2. The van der Waals surface area contributed by atoms with Crippen LogP contribution in [0, 0.1) is 6.92 Å². The zero-order valence-electron chi connectivity index (χ0n) is 10.8. The predicted molar refractivity (Wildman–Crippen MR) is 74.5 cm³/mol. The van der Waals surface area contributed by atoms with Crippen molar-refractivity contribution in [3.63, 3.8) is 0 Å². The van der Waals surface area contributed by atoms with Crippen molar-refractivity contribution in [2.24, 2.45) is 0 Å². The van der Waals surface area contributed by atoms with Gasteiger partial charge in [0.15, 0.2) is 0 Å². The second-order valence-electron chi connectivity index (χ2n) is 4.16. The number of nitrogens with one attached hydrogen (secondary N) is 1. The van der Waals surface area contributed by atoms with Gasteiger partial charge in [-0.05, 0) is 18.6 Å². The molecule has 3 rings (SSSR count). The number of fused-ring (bicyclic) bond motifs is 1. The molecule has 0 spiro atoms. The number of aromatic nitrogens is 4. The van der Waals surface area contributed by atoms with E-state index in [0.717, 1.165) is 16.6 Å². The first-order valence-corrected chi connectivity index (χ1v) is 6.23. The van der Waals surface area contributed by atoms with Crippen LogP contribution >= 0.6 is 11.6 Å². The SMILES string of the molecule is COc1nc2c(C)cc(Oc3cc(Cl)ncn3)cc2[nH]1. The topological polar surface area (TPSA) is 72.9 Å². The lowest BCUT2D eigenvalue weighted by Crippen LogP contribution is -1.90. The largest absolute Gasteiger partial charge is 0.468 e. The molecule has 1 aromatic carbocycles. The Bertz CT molecular complexity index is 772. The van der Waals surface area contributed by atoms with Gasteiger partial charge in [-0.15, -0.1) is 0 Å². The smallest absolute Gasteiger partial charge is 0.294 e. The summed E-state index contributed by atoms with van der Waals surface area (Å²) >= 11 is 5.80. The molecule has 0 radical (unpaired) electrons. The minimum Gasteiger partial charge on any atom is -0.468 e. The molecular formula is C13H11ClN4O2. The molecule has 1 N–H and O–H groups in total. The average Bonchev–Trinajstić information content (AvgIpc) is 2.82. The van der Waals surface area contributed by atoms with Crippen molar-refractivity contribution >= 4 is 22.6 Å². The Hall–Kier alpha value is -2.34. The quantitative estimate of drug-likeness (QED) is 0.750. The molecule has 2 aromatic heterocycles. The van der Waals surface area contributed by atoms with Crippen molar-refractivity contribution in [1.82, 2.24) is 19.9 Å². The molecule has 7 heteroatoms. The highest BCUT2D eigenvalue weighted by molar-refractivity contribution is 6.29. The van der Waals surface area contributed by atoms with E-state index in [9.17, 15) is 0 Å². The number of aryl methyl sites for hydroxylation is 1. The molecule has 102 valence electrons. The first-order valence-electron chi connectivity index (χ1n) is 5.85. The summed E-state index contributed by atoms with van der Waals surface area (Å²) in [7, 11) is 1.56. The van der Waals surface area contributed by atoms with Crippen LogP contribution in [0.25, 0.3) is 11.0 Å². The van der Waals surface area contributed by atoms with Crippen LogP contribution in [0.15, 0.2) is 24.5 Å². The van der Waals surface area contributed by atoms with Gasteiger partial charge in [-0.1, -0.05) is 11.6 Å². The zero-order valence-corrected chi connectivity index (χ0v) is 11.6. The van der Waals surface area contributed by atoms with Crippen LogP contribution in [0.1, 0.15) is 5.56 Å². The van der Waals surface area contributed by atoms with Crippen molar-refractivity contribution in [3.05, 3.63) is 35.2 Å². The highest BCUT2D eigenvalue weighted by Gasteiger charge is 2.09. The number of aromatic amines is 1. The summed E-state index contributed by atoms with van der Waals surface area (Å²) in [6.45, 7) is 1.95. The number of benzene rings is 1. The van der Waals surface area contributed by atoms with E-state index in [1.807, 2.05) is 19.1 Å². The third-order valence-corrected chi connectivity index (χ3v) is 2.96. The maximum atomic E-state index is 5.80. The highest BCUT2D eigenvalue weighted by atomic mass is 35.5. The van der Waals surface area contributed by atoms with Gasteiger partial charge in [-0.2, -0.15) is 4.98 Å². The number of rotatable bonds is 3. The number of H-pyrrole nitrogens is 1. The maximum absolute atomic E-state index is 5.80. The fourth-order valence-electron chi connectivity index (χ4n) is 1.88. The van der Waals surface area contributed by atoms with Gasteiger partial charge in [0.2, 0.25) is 5.88 Å². The van der Waals surface area contributed by atoms with Crippen molar-refractivity contribution in [2.45, 2.75) is 6.92 Å². The molecule has 0 aliphatic carbocycles. The molecular weight excluding hydrogens is 280 g/mol. The second-order valence-corrected chi connectivity index (χ2v) is 4.55. The van der Waals surface area contributed by atoms with E-state index in [2.05, 4.69) is 19.9 Å². The van der Waals surface area contributed by atoms with E-state index >= 15 is 0 Å². The first-order chi connectivity index (χ1) is 9.65. The fourth-order valence-corrected chi connectivity index (χ4v) is 2.02. The Morgan fingerprint density at radius 3 is 2.80 bits per heavy atom. The molecule has 2 heterocycles. The molecule has 0 fully saturated rings. The van der Waals surface area contributed by atoms with Crippen LogP contribution in [-0.4, -0.2) is 27.0 Å². The number of methoxy groups -OCH3 is 1. The van der Waals surface area contributed by atoms with Crippen molar-refractivity contribution in [2.75, 3.05) is 7.11 Å². The molecule has 0 aliphatic heterocycles. The molecule has 0 amide bonds. The van der Waals surface area contributed by atoms with Crippen LogP contribution in [0.4, 0.5) is 0 Å². The maximum Gasteiger partial charge on any atom is 0.294 e. The third-order valence-electron chi connectivity index (χ3n) is 2.75. The number of hydrogen-bond acceptors (Lipinski definition) is 5. The van der Waals surface area contributed by atoms with E-state index in [1.165, 1.54) is 6.33 Å². The minimum absolute atomic E-state index is 0.330. The van der Waals surface area contributed by atoms with Gasteiger partial charge in [0.25, 0.3) is 6.01 Å². The zero-order chi connectivity index (χ0) is 14.1. The summed E-state index contributed by atoms with van der Waals surface area (Å²) in [5.74, 6) is 1.02. The van der Waals surface area contributed by atoms with Crippen molar-refractivity contribution in [1.29, 1.82) is 0 Å². The minimum atomic E-state index is 0.330. The van der Waals surface area contributed by atoms with Crippen LogP contribution in [-0.2, 0) is 0 Å². The number of halogens is 1. The summed E-state index contributed by atoms with van der Waals surface area (Å²) < 4.78 is 10.7. The Morgan fingerprint density at radius 1 is 1.20 bits per heavy atom. The van der Waals surface area contributed by atoms with Crippen LogP contribution in [0.2, 0.25) is 5.15 Å². The molecule has 0 bridgehead atoms. The van der Waals surface area contributed by atoms with Crippen LogP contribution < -0.4 is 9.47 Å². The van der Waals surface area contributed by atoms with Gasteiger partial charge in [-0.3, -0.25) is 0 Å². The molecule has 3 aromatic rings. The highest BCUT2D eigenvalue weighted by Crippen LogP contribution is 2.28. The predicted octanol–water partition coefficient (Wildman–Crippen LogP) is 3.12. The van der Waals surface area contributed by atoms with E-state index in [4.69, 9.17) is 21.1 Å². The molecule has 20 heavy (non-hydrogen) atoms. The first kappa shape index (κ1) is 12.7. The van der Waals surface area contributed by atoms with Gasteiger partial charge in [0.05, 0.1) is 18.1 Å². The average molecular weight is 291 g/mol. The summed E-state index contributed by atoms with van der Waals surface area (Å²) in [4.78, 5) is 15.2. The second kappa shape index (κ2) is 4.97. The molecule has 6 nitrogen and oxygen atoms in total. The Morgan fingerprint density at radius 2 is 2.05 bits per heavy atom. The monoisotopic (exact) mass is 290 g/mol. The van der Waals surface area contributed by atoms with Gasteiger partial charge < -0.3 is 14.5 Å². The number of ether oxygens (including phenoxy) is 2. The van der Waals surface area contributed by atoms with E-state index in [0.29, 0.717) is 22.8 Å². The van der Waals surface area contributed by atoms with Gasteiger partial charge in [0.1, 0.15) is 17.2 Å². The molecule has 0 unspecified atom stereocenters. The third kappa shape index (κ3) is 2.37. The lowest BCUT2D eigenvalue weighted by Gasteiger charge is -2.05. The van der Waals surface area contributed by atoms with Gasteiger partial charge in [0, 0.05) is 12.1 Å². The molecule has 0 saturated heterocycles. The summed E-state index contributed by atoms with van der Waals surface area (Å²) in [6.07, 6.45) is 1.35. The fraction of sp³-hybridized carbons (Fsp3) is 0.154. The van der Waals surface area contributed by atoms with Gasteiger partial charge in [-0.25, -0.2) is 9.97 Å². The van der Waals surface area contributed by atoms with Crippen LogP contribution in [0.3, 0.4) is 0 Å². The summed E-state index contributed by atoms with van der Waals surface area (Å²) in [5, 5.41) is 0.330. The number of nitrogens with zero attached hydrogens (tertiary/aromatic N) is 3.